The van der Waals surface area contributed by atoms with Gasteiger partial charge < -0.3 is 14.6 Å². The molecule has 0 radical (unpaired) electrons. The summed E-state index contributed by atoms with van der Waals surface area (Å²) in [6, 6.07) is 5.89. The molecule has 0 aromatic heterocycles. The van der Waals surface area contributed by atoms with Crippen LogP contribution >= 0.6 is 0 Å². The smallest absolute Gasteiger partial charge is 0.227 e. The molecule has 0 N–H and O–H groups in total. The van der Waals surface area contributed by atoms with Crippen molar-refractivity contribution in [3.05, 3.63) is 35.6 Å². The minimum atomic E-state index is -0.320. The van der Waals surface area contributed by atoms with E-state index in [9.17, 15) is 18.8 Å². The molecule has 1 fully saturated rings. The van der Waals surface area contributed by atoms with E-state index in [0.29, 0.717) is 26.2 Å². The summed E-state index contributed by atoms with van der Waals surface area (Å²) in [6.07, 6.45) is 0.736. The van der Waals surface area contributed by atoms with Crippen LogP contribution in [-0.2, 0) is 20.8 Å². The third-order valence-electron chi connectivity index (χ3n) is 3.94. The molecule has 1 aromatic carbocycles. The fourth-order valence-electron chi connectivity index (χ4n) is 2.54. The number of benzene rings is 1. The zero-order chi connectivity index (χ0) is 16.8. The highest BCUT2D eigenvalue weighted by Gasteiger charge is 2.24. The largest absolute Gasteiger partial charge is 0.339 e. The Morgan fingerprint density at radius 3 is 1.96 bits per heavy atom. The van der Waals surface area contributed by atoms with Crippen LogP contribution in [0.4, 0.5) is 4.39 Å². The van der Waals surface area contributed by atoms with E-state index in [-0.39, 0.29) is 42.7 Å². The van der Waals surface area contributed by atoms with Crippen molar-refractivity contribution in [2.75, 3.05) is 26.2 Å². The summed E-state index contributed by atoms with van der Waals surface area (Å²) < 4.78 is 12.9. The van der Waals surface area contributed by atoms with Gasteiger partial charge in [0, 0.05) is 39.0 Å². The van der Waals surface area contributed by atoms with Crippen molar-refractivity contribution in [2.24, 2.45) is 0 Å². The average molecular weight is 320 g/mol. The Morgan fingerprint density at radius 2 is 1.43 bits per heavy atom. The molecule has 0 spiro atoms. The van der Waals surface area contributed by atoms with Crippen LogP contribution in [0, 0.1) is 5.82 Å². The van der Waals surface area contributed by atoms with Crippen molar-refractivity contribution in [1.82, 2.24) is 9.80 Å². The van der Waals surface area contributed by atoms with Crippen LogP contribution in [0.25, 0.3) is 0 Å². The van der Waals surface area contributed by atoms with Gasteiger partial charge in [-0.2, -0.15) is 0 Å². The number of nitrogens with zero attached hydrogens (tertiary/aromatic N) is 2. The number of hydrogen-bond donors (Lipinski definition) is 0. The second kappa shape index (κ2) is 7.85. The third-order valence-corrected chi connectivity index (χ3v) is 3.94. The lowest BCUT2D eigenvalue weighted by molar-refractivity contribution is -0.139. The van der Waals surface area contributed by atoms with Gasteiger partial charge in [-0.25, -0.2) is 4.39 Å². The molecule has 1 aromatic rings. The lowest BCUT2D eigenvalue weighted by atomic mass is 10.1. The first-order valence-corrected chi connectivity index (χ1v) is 7.75. The monoisotopic (exact) mass is 320 g/mol. The number of amides is 2. The average Bonchev–Trinajstić information content (AvgIpc) is 2.55. The van der Waals surface area contributed by atoms with Crippen molar-refractivity contribution in [3.63, 3.8) is 0 Å². The van der Waals surface area contributed by atoms with Crippen LogP contribution < -0.4 is 0 Å². The van der Waals surface area contributed by atoms with E-state index in [2.05, 4.69) is 0 Å². The summed E-state index contributed by atoms with van der Waals surface area (Å²) in [7, 11) is 0. The maximum atomic E-state index is 12.9. The summed E-state index contributed by atoms with van der Waals surface area (Å²) in [5.74, 6) is -0.372. The number of Topliss-reactive ketones (excluding diaryl/α,β-unsaturated/α-hetero) is 1. The molecule has 6 heteroatoms. The molecule has 2 rings (SSSR count). The fraction of sp³-hybridized carbons (Fsp3) is 0.471. The maximum absolute atomic E-state index is 12.9. The van der Waals surface area contributed by atoms with Crippen molar-refractivity contribution >= 4 is 17.6 Å². The van der Waals surface area contributed by atoms with Crippen LogP contribution in [0.15, 0.2) is 24.3 Å². The van der Waals surface area contributed by atoms with Gasteiger partial charge in [0.15, 0.2) is 0 Å². The predicted octanol–water partition coefficient (Wildman–Crippen LogP) is 1.41. The van der Waals surface area contributed by atoms with E-state index in [0.717, 1.165) is 5.56 Å². The van der Waals surface area contributed by atoms with Crippen LogP contribution in [0.5, 0.6) is 0 Å². The molecule has 1 heterocycles. The van der Waals surface area contributed by atoms with E-state index in [1.54, 1.807) is 21.9 Å². The molecule has 0 bridgehead atoms. The number of rotatable bonds is 5. The van der Waals surface area contributed by atoms with Crippen LogP contribution in [0.1, 0.15) is 25.3 Å². The first-order chi connectivity index (χ1) is 11.0. The van der Waals surface area contributed by atoms with Gasteiger partial charge in [-0.05, 0) is 24.6 Å². The molecule has 2 amide bonds. The number of piperazine rings is 1. The molecule has 1 saturated heterocycles. The van der Waals surface area contributed by atoms with Gasteiger partial charge in [-0.3, -0.25) is 9.59 Å². The molecule has 0 unspecified atom stereocenters. The number of ketones is 1. The Morgan fingerprint density at radius 1 is 0.913 bits per heavy atom. The van der Waals surface area contributed by atoms with Crippen molar-refractivity contribution in [2.45, 2.75) is 26.2 Å². The molecule has 0 saturated carbocycles. The van der Waals surface area contributed by atoms with Crippen LogP contribution in [0.2, 0.25) is 0 Å². The van der Waals surface area contributed by atoms with Gasteiger partial charge in [0.25, 0.3) is 0 Å². The normalized spacial score (nSPS) is 14.7. The highest BCUT2D eigenvalue weighted by Crippen LogP contribution is 2.09. The van der Waals surface area contributed by atoms with E-state index in [1.807, 2.05) is 0 Å². The van der Waals surface area contributed by atoms with Gasteiger partial charge >= 0.3 is 0 Å². The second-order valence-corrected chi connectivity index (χ2v) is 5.77. The second-order valence-electron chi connectivity index (χ2n) is 5.77. The van der Waals surface area contributed by atoms with Gasteiger partial charge in [0.1, 0.15) is 11.6 Å². The number of halogens is 1. The highest BCUT2D eigenvalue weighted by atomic mass is 19.1. The van der Waals surface area contributed by atoms with Gasteiger partial charge in [0.2, 0.25) is 11.8 Å². The zero-order valence-electron chi connectivity index (χ0n) is 13.3. The van der Waals surface area contributed by atoms with Gasteiger partial charge in [-0.1, -0.05) is 12.1 Å². The fourth-order valence-corrected chi connectivity index (χ4v) is 2.54. The highest BCUT2D eigenvalue weighted by molar-refractivity contribution is 5.84. The summed E-state index contributed by atoms with van der Waals surface area (Å²) in [6.45, 7) is 3.44. The minimum Gasteiger partial charge on any atom is -0.339 e. The minimum absolute atomic E-state index is 0.00598. The Hall–Kier alpha value is -2.24. The van der Waals surface area contributed by atoms with Crippen LogP contribution in [-0.4, -0.2) is 53.6 Å². The zero-order valence-corrected chi connectivity index (χ0v) is 13.3. The van der Waals surface area contributed by atoms with Crippen molar-refractivity contribution in [3.8, 4) is 0 Å². The number of carbonyl (C=O) groups excluding carboxylic acids is 3. The Bertz CT molecular complexity index is 578. The standard InChI is InChI=1S/C17H21FN2O3/c1-13(21)2-7-16(22)19-8-10-20(11-9-19)17(23)12-14-3-5-15(18)6-4-14/h3-6H,2,7-12H2,1H3. The number of carbonyl (C=O) groups is 3. The predicted molar refractivity (Wildman–Crippen MR) is 83.2 cm³/mol. The summed E-state index contributed by atoms with van der Waals surface area (Å²) in [5.41, 5.74) is 0.774. The van der Waals surface area contributed by atoms with E-state index >= 15 is 0 Å². The maximum Gasteiger partial charge on any atom is 0.227 e. The summed E-state index contributed by atoms with van der Waals surface area (Å²) in [5, 5.41) is 0. The molecule has 0 aliphatic carbocycles. The Kier molecular flexibility index (Phi) is 5.84. The van der Waals surface area contributed by atoms with Crippen molar-refractivity contribution in [1.29, 1.82) is 0 Å². The molecule has 0 atom stereocenters. The molecule has 1 aliphatic rings. The molecular formula is C17H21FN2O3. The first kappa shape index (κ1) is 17.1. The Labute approximate surface area is 135 Å². The molecule has 5 nitrogen and oxygen atoms in total. The third kappa shape index (κ3) is 5.16. The SMILES string of the molecule is CC(=O)CCC(=O)N1CCN(C(=O)Cc2ccc(F)cc2)CC1. The molecule has 124 valence electrons. The number of hydrogen-bond acceptors (Lipinski definition) is 3. The molecular weight excluding hydrogens is 299 g/mol. The summed E-state index contributed by atoms with van der Waals surface area (Å²) in [4.78, 5) is 38.5. The van der Waals surface area contributed by atoms with Gasteiger partial charge in [0.05, 0.1) is 6.42 Å². The van der Waals surface area contributed by atoms with E-state index < -0.39 is 0 Å². The quantitative estimate of drug-likeness (QED) is 0.824. The van der Waals surface area contributed by atoms with Gasteiger partial charge in [-0.15, -0.1) is 0 Å². The Balaban J connectivity index is 1.79. The lowest BCUT2D eigenvalue weighted by Gasteiger charge is -2.35. The lowest BCUT2D eigenvalue weighted by Crippen LogP contribution is -2.51. The molecule has 23 heavy (non-hydrogen) atoms. The van der Waals surface area contributed by atoms with Crippen LogP contribution in [0.3, 0.4) is 0 Å². The molecule has 1 aliphatic heterocycles. The van der Waals surface area contributed by atoms with E-state index in [4.69, 9.17) is 0 Å². The topological polar surface area (TPSA) is 57.7 Å². The van der Waals surface area contributed by atoms with E-state index in [1.165, 1.54) is 19.1 Å². The first-order valence-electron chi connectivity index (χ1n) is 7.75. The summed E-state index contributed by atoms with van der Waals surface area (Å²) >= 11 is 0. The van der Waals surface area contributed by atoms with Crippen molar-refractivity contribution < 1.29 is 18.8 Å².